The van der Waals surface area contributed by atoms with Gasteiger partial charge in [0, 0.05) is 39.6 Å². The van der Waals surface area contributed by atoms with Gasteiger partial charge in [0.15, 0.2) is 0 Å². The van der Waals surface area contributed by atoms with E-state index in [9.17, 15) is 9.90 Å². The fourth-order valence-electron chi connectivity index (χ4n) is 2.55. The Morgan fingerprint density at radius 3 is 2.62 bits per heavy atom. The van der Waals surface area contributed by atoms with Crippen LogP contribution in [0.3, 0.4) is 0 Å². The first-order valence-corrected chi connectivity index (χ1v) is 7.16. The van der Waals surface area contributed by atoms with Gasteiger partial charge in [0.2, 0.25) is 5.91 Å². The van der Waals surface area contributed by atoms with Crippen molar-refractivity contribution >= 4 is 11.6 Å². The predicted molar refractivity (Wildman–Crippen MR) is 78.8 cm³/mol. The van der Waals surface area contributed by atoms with Crippen molar-refractivity contribution in [2.75, 3.05) is 32.5 Å². The lowest BCUT2D eigenvalue weighted by molar-refractivity contribution is -0.137. The van der Waals surface area contributed by atoms with Crippen LogP contribution in [-0.2, 0) is 16.1 Å². The van der Waals surface area contributed by atoms with Gasteiger partial charge in [-0.3, -0.25) is 9.48 Å². The van der Waals surface area contributed by atoms with E-state index >= 15 is 0 Å². The maximum atomic E-state index is 12.3. The predicted octanol–water partition coefficient (Wildman–Crippen LogP) is 0.0820. The molecule has 0 unspecified atom stereocenters. The third-order valence-electron chi connectivity index (χ3n) is 4.10. The number of aryl methyl sites for hydroxylation is 1. The summed E-state index contributed by atoms with van der Waals surface area (Å²) in [5.41, 5.74) is 7.15. The van der Waals surface area contributed by atoms with Crippen molar-refractivity contribution in [1.29, 1.82) is 0 Å². The molecule has 0 aromatic carbocycles. The number of aliphatic hydroxyl groups is 1. The number of nitrogens with two attached hydrogens (primary N) is 1. The lowest BCUT2D eigenvalue weighted by Gasteiger charge is -2.35. The Hall–Kier alpha value is -1.60. The molecule has 0 aliphatic carbocycles. The van der Waals surface area contributed by atoms with E-state index in [1.54, 1.807) is 16.6 Å². The number of rotatable bonds is 4. The fourth-order valence-corrected chi connectivity index (χ4v) is 2.55. The van der Waals surface area contributed by atoms with Gasteiger partial charge in [-0.1, -0.05) is 0 Å². The second-order valence-corrected chi connectivity index (χ2v) is 5.83. The summed E-state index contributed by atoms with van der Waals surface area (Å²) in [5, 5.41) is 14.7. The van der Waals surface area contributed by atoms with Crippen molar-refractivity contribution in [3.63, 3.8) is 0 Å². The van der Waals surface area contributed by atoms with Gasteiger partial charge < -0.3 is 20.5 Å². The highest BCUT2D eigenvalue weighted by atomic mass is 16.5. The number of aromatic nitrogens is 2. The van der Waals surface area contributed by atoms with Crippen LogP contribution in [0.25, 0.3) is 0 Å². The Bertz CT molecular complexity index is 521. The number of nitrogens with zero attached hydrogens (tertiary/aromatic N) is 3. The Morgan fingerprint density at radius 2 is 2.10 bits per heavy atom. The van der Waals surface area contributed by atoms with E-state index in [-0.39, 0.29) is 12.5 Å². The van der Waals surface area contributed by atoms with Crippen LogP contribution in [0.5, 0.6) is 0 Å². The molecular weight excluding hydrogens is 272 g/mol. The Kier molecular flexibility index (Phi) is 4.53. The van der Waals surface area contributed by atoms with E-state index in [1.807, 2.05) is 13.8 Å². The van der Waals surface area contributed by atoms with Gasteiger partial charge in [-0.25, -0.2) is 0 Å². The summed E-state index contributed by atoms with van der Waals surface area (Å²) >= 11 is 0. The monoisotopic (exact) mass is 296 g/mol. The molecule has 1 aromatic rings. The summed E-state index contributed by atoms with van der Waals surface area (Å²) in [6.45, 7) is 5.17. The Balaban J connectivity index is 1.97. The van der Waals surface area contributed by atoms with Gasteiger partial charge in [-0.05, 0) is 13.8 Å². The molecular formula is C14H24N4O3. The van der Waals surface area contributed by atoms with Crippen LogP contribution in [0, 0.1) is 13.8 Å². The molecule has 7 nitrogen and oxygen atoms in total. The first-order chi connectivity index (χ1) is 9.82. The summed E-state index contributed by atoms with van der Waals surface area (Å²) in [6.07, 6.45) is 1.11. The number of hydrogen-bond acceptors (Lipinski definition) is 5. The highest BCUT2D eigenvalue weighted by Crippen LogP contribution is 2.21. The minimum Gasteiger partial charge on any atom is -0.396 e. The van der Waals surface area contributed by atoms with Crippen molar-refractivity contribution in [2.45, 2.75) is 38.8 Å². The number of carbonyl (C=O) groups is 1. The smallest absolute Gasteiger partial charge is 0.244 e. The number of hydrogen-bond donors (Lipinski definition) is 2. The minimum absolute atomic E-state index is 0.0967. The molecule has 3 N–H and O–H groups in total. The molecule has 118 valence electrons. The number of carbonyl (C=O) groups excluding carboxylic acids is 1. The lowest BCUT2D eigenvalue weighted by Crippen LogP contribution is -2.48. The van der Waals surface area contributed by atoms with Gasteiger partial charge in [0.05, 0.1) is 22.7 Å². The molecule has 2 rings (SSSR count). The molecule has 0 atom stereocenters. The van der Waals surface area contributed by atoms with Crippen LogP contribution < -0.4 is 5.73 Å². The van der Waals surface area contributed by atoms with E-state index in [2.05, 4.69) is 5.10 Å². The quantitative estimate of drug-likeness (QED) is 0.821. The zero-order chi connectivity index (χ0) is 15.6. The molecule has 0 bridgehead atoms. The second kappa shape index (κ2) is 6.03. The standard InChI is InChI=1S/C14H24N4O3/c1-10-13(15)11(2)18(16-10)8-12(19)17(3)9-14(20)4-6-21-7-5-14/h20H,4-9,15H2,1-3H3. The molecule has 1 aliphatic heterocycles. The van der Waals surface area contributed by atoms with Crippen LogP contribution >= 0.6 is 0 Å². The normalized spacial score (nSPS) is 17.7. The fraction of sp³-hybridized carbons (Fsp3) is 0.714. The third-order valence-corrected chi connectivity index (χ3v) is 4.10. The molecule has 0 saturated carbocycles. The molecule has 2 heterocycles. The van der Waals surface area contributed by atoms with Crippen molar-refractivity contribution in [3.05, 3.63) is 11.4 Å². The minimum atomic E-state index is -0.850. The number of anilines is 1. The average molecular weight is 296 g/mol. The molecule has 1 saturated heterocycles. The van der Waals surface area contributed by atoms with E-state index < -0.39 is 5.60 Å². The van der Waals surface area contributed by atoms with Gasteiger partial charge >= 0.3 is 0 Å². The molecule has 1 aliphatic rings. The van der Waals surface area contributed by atoms with Gasteiger partial charge in [0.1, 0.15) is 6.54 Å². The summed E-state index contributed by atoms with van der Waals surface area (Å²) in [4.78, 5) is 13.8. The van der Waals surface area contributed by atoms with Crippen molar-refractivity contribution in [2.24, 2.45) is 0 Å². The SMILES string of the molecule is Cc1nn(CC(=O)N(C)CC2(O)CCOCC2)c(C)c1N. The number of amides is 1. The van der Waals surface area contributed by atoms with Crippen LogP contribution in [0.15, 0.2) is 0 Å². The Morgan fingerprint density at radius 1 is 1.48 bits per heavy atom. The van der Waals surface area contributed by atoms with E-state index in [0.29, 0.717) is 38.3 Å². The summed E-state index contributed by atoms with van der Waals surface area (Å²) in [7, 11) is 1.70. The van der Waals surface area contributed by atoms with Crippen LogP contribution in [0.1, 0.15) is 24.2 Å². The zero-order valence-electron chi connectivity index (χ0n) is 12.9. The van der Waals surface area contributed by atoms with Crippen molar-refractivity contribution in [1.82, 2.24) is 14.7 Å². The molecule has 0 radical (unpaired) electrons. The lowest BCUT2D eigenvalue weighted by atomic mass is 9.94. The number of ether oxygens (including phenoxy) is 1. The third kappa shape index (κ3) is 3.54. The second-order valence-electron chi connectivity index (χ2n) is 5.83. The first kappa shape index (κ1) is 15.8. The highest BCUT2D eigenvalue weighted by molar-refractivity contribution is 5.76. The highest BCUT2D eigenvalue weighted by Gasteiger charge is 2.32. The summed E-state index contributed by atoms with van der Waals surface area (Å²) in [5.74, 6) is -0.0967. The summed E-state index contributed by atoms with van der Waals surface area (Å²) < 4.78 is 6.85. The molecule has 1 aromatic heterocycles. The van der Waals surface area contributed by atoms with Crippen LogP contribution in [0.2, 0.25) is 0 Å². The summed E-state index contributed by atoms with van der Waals surface area (Å²) in [6, 6.07) is 0. The molecule has 7 heteroatoms. The van der Waals surface area contributed by atoms with E-state index in [4.69, 9.17) is 10.5 Å². The van der Waals surface area contributed by atoms with Gasteiger partial charge in [0.25, 0.3) is 0 Å². The maximum absolute atomic E-state index is 12.3. The van der Waals surface area contributed by atoms with Crippen LogP contribution in [-0.4, -0.2) is 58.1 Å². The van der Waals surface area contributed by atoms with E-state index in [1.165, 1.54) is 0 Å². The number of likely N-dealkylation sites (N-methyl/N-ethyl adjacent to an activating group) is 1. The Labute approximate surface area is 124 Å². The zero-order valence-corrected chi connectivity index (χ0v) is 12.9. The molecule has 21 heavy (non-hydrogen) atoms. The van der Waals surface area contributed by atoms with Gasteiger partial charge in [-0.2, -0.15) is 5.10 Å². The first-order valence-electron chi connectivity index (χ1n) is 7.16. The molecule has 1 fully saturated rings. The van der Waals surface area contributed by atoms with Gasteiger partial charge in [-0.15, -0.1) is 0 Å². The van der Waals surface area contributed by atoms with E-state index in [0.717, 1.165) is 11.4 Å². The largest absolute Gasteiger partial charge is 0.396 e. The number of nitrogen functional groups attached to an aromatic ring is 1. The average Bonchev–Trinajstić information content (AvgIpc) is 2.66. The van der Waals surface area contributed by atoms with Crippen LogP contribution in [0.4, 0.5) is 5.69 Å². The molecule has 0 spiro atoms. The van der Waals surface area contributed by atoms with Crippen molar-refractivity contribution in [3.8, 4) is 0 Å². The van der Waals surface area contributed by atoms with Crippen molar-refractivity contribution < 1.29 is 14.6 Å². The topological polar surface area (TPSA) is 93.6 Å². The molecule has 1 amide bonds. The maximum Gasteiger partial charge on any atom is 0.244 e.